The van der Waals surface area contributed by atoms with Gasteiger partial charge in [-0.3, -0.25) is 0 Å². The largest absolute Gasteiger partial charge is 0.481 e. The minimum absolute atomic E-state index is 0.103. The standard InChI is InChI=1S/C26H31FN2O3S/c1-17(20-9-10-21(15-20)23-7-4-8-25(29-23)32-3)14-18(2)28-24-12-11-19-6-5-13-33(30,31)16-22(19)26(24)27/h4,7-8,11-12,14,20-21,28H,2,5-6,9-10,13,15-16H2,1,3H3/b17-14+. The molecule has 1 saturated carbocycles. The van der Waals surface area contributed by atoms with Gasteiger partial charge in [-0.2, -0.15) is 0 Å². The number of sulfone groups is 1. The van der Waals surface area contributed by atoms with E-state index in [1.165, 1.54) is 5.57 Å². The molecule has 0 spiro atoms. The first-order valence-electron chi connectivity index (χ1n) is 11.4. The van der Waals surface area contributed by atoms with Crippen molar-refractivity contribution in [1.82, 2.24) is 4.98 Å². The number of aryl methyl sites for hydroxylation is 1. The highest BCUT2D eigenvalue weighted by molar-refractivity contribution is 7.90. The summed E-state index contributed by atoms with van der Waals surface area (Å²) >= 11 is 0. The molecule has 2 unspecified atom stereocenters. The predicted octanol–water partition coefficient (Wildman–Crippen LogP) is 5.55. The molecule has 5 nitrogen and oxygen atoms in total. The highest BCUT2D eigenvalue weighted by Gasteiger charge is 2.28. The van der Waals surface area contributed by atoms with Crippen LogP contribution in [0.5, 0.6) is 5.88 Å². The van der Waals surface area contributed by atoms with E-state index in [1.807, 2.05) is 24.3 Å². The van der Waals surface area contributed by atoms with Crippen molar-refractivity contribution in [3.63, 3.8) is 0 Å². The first-order chi connectivity index (χ1) is 15.8. The Hall–Kier alpha value is -2.67. The molecule has 2 heterocycles. The predicted molar refractivity (Wildman–Crippen MR) is 130 cm³/mol. The molecule has 1 aromatic heterocycles. The Bertz CT molecular complexity index is 1190. The van der Waals surface area contributed by atoms with Crippen LogP contribution in [0, 0.1) is 11.7 Å². The maximum atomic E-state index is 15.2. The Morgan fingerprint density at radius 2 is 2.09 bits per heavy atom. The monoisotopic (exact) mass is 470 g/mol. The van der Waals surface area contributed by atoms with Crippen molar-refractivity contribution < 1.29 is 17.5 Å². The van der Waals surface area contributed by atoms with Crippen LogP contribution in [0.1, 0.15) is 55.3 Å². The molecule has 176 valence electrons. The first-order valence-corrected chi connectivity index (χ1v) is 13.2. The van der Waals surface area contributed by atoms with E-state index in [0.29, 0.717) is 36.3 Å². The second-order valence-electron chi connectivity index (χ2n) is 9.11. The summed E-state index contributed by atoms with van der Waals surface area (Å²) in [6, 6.07) is 9.39. The van der Waals surface area contributed by atoms with Crippen LogP contribution in [-0.2, 0) is 22.0 Å². The van der Waals surface area contributed by atoms with Crippen LogP contribution in [0.3, 0.4) is 0 Å². The summed E-state index contributed by atoms with van der Waals surface area (Å²) in [5, 5.41) is 3.05. The molecule has 1 fully saturated rings. The van der Waals surface area contributed by atoms with Crippen LogP contribution >= 0.6 is 0 Å². The van der Waals surface area contributed by atoms with Gasteiger partial charge in [0.15, 0.2) is 15.7 Å². The van der Waals surface area contributed by atoms with E-state index >= 15 is 4.39 Å². The lowest BCUT2D eigenvalue weighted by molar-refractivity contribution is 0.394. The Kier molecular flexibility index (Phi) is 6.88. The van der Waals surface area contributed by atoms with Gasteiger partial charge in [-0.25, -0.2) is 17.8 Å². The number of nitrogens with zero attached hydrogens (tertiary/aromatic N) is 1. The topological polar surface area (TPSA) is 68.3 Å². The summed E-state index contributed by atoms with van der Waals surface area (Å²) in [6.45, 7) is 6.14. The smallest absolute Gasteiger partial charge is 0.213 e. The van der Waals surface area contributed by atoms with Gasteiger partial charge in [0.2, 0.25) is 5.88 Å². The van der Waals surface area contributed by atoms with Crippen molar-refractivity contribution in [3.05, 3.63) is 76.9 Å². The number of fused-ring (bicyclic) bond motifs is 1. The molecule has 0 radical (unpaired) electrons. The van der Waals surface area contributed by atoms with E-state index in [0.717, 1.165) is 30.5 Å². The molecule has 1 aliphatic heterocycles. The van der Waals surface area contributed by atoms with Crippen LogP contribution < -0.4 is 10.1 Å². The number of allylic oxidation sites excluding steroid dienone is 2. The van der Waals surface area contributed by atoms with E-state index in [4.69, 9.17) is 4.74 Å². The number of methoxy groups -OCH3 is 1. The lowest BCUT2D eigenvalue weighted by Gasteiger charge is -2.16. The molecular weight excluding hydrogens is 439 g/mol. The van der Waals surface area contributed by atoms with Gasteiger partial charge in [-0.1, -0.05) is 24.3 Å². The van der Waals surface area contributed by atoms with Crippen LogP contribution in [0.4, 0.5) is 10.1 Å². The molecule has 1 aliphatic carbocycles. The highest BCUT2D eigenvalue weighted by atomic mass is 32.2. The van der Waals surface area contributed by atoms with Crippen LogP contribution in [0.15, 0.2) is 54.3 Å². The molecule has 0 saturated heterocycles. The second-order valence-corrected chi connectivity index (χ2v) is 11.3. The van der Waals surface area contributed by atoms with Crippen LogP contribution in [0.2, 0.25) is 0 Å². The number of aromatic nitrogens is 1. The maximum absolute atomic E-state index is 15.2. The molecule has 4 rings (SSSR count). The fraction of sp³-hybridized carbons (Fsp3) is 0.423. The molecule has 0 amide bonds. The van der Waals surface area contributed by atoms with E-state index in [2.05, 4.69) is 29.9 Å². The molecule has 2 atom stereocenters. The van der Waals surface area contributed by atoms with Gasteiger partial charge in [0, 0.05) is 28.9 Å². The summed E-state index contributed by atoms with van der Waals surface area (Å²) < 4.78 is 44.7. The number of rotatable bonds is 6. The van der Waals surface area contributed by atoms with Gasteiger partial charge in [0.25, 0.3) is 0 Å². The van der Waals surface area contributed by atoms with Crippen molar-refractivity contribution in [3.8, 4) is 5.88 Å². The Balaban J connectivity index is 1.44. The van der Waals surface area contributed by atoms with E-state index in [-0.39, 0.29) is 22.8 Å². The van der Waals surface area contributed by atoms with Gasteiger partial charge in [-0.05, 0) is 68.7 Å². The zero-order valence-corrected chi connectivity index (χ0v) is 20.1. The minimum Gasteiger partial charge on any atom is -0.481 e. The third-order valence-corrected chi connectivity index (χ3v) is 8.39. The first kappa shape index (κ1) is 23.5. The molecule has 2 aliphatic rings. The van der Waals surface area contributed by atoms with E-state index < -0.39 is 15.7 Å². The fourth-order valence-electron chi connectivity index (χ4n) is 4.96. The van der Waals surface area contributed by atoms with Gasteiger partial charge >= 0.3 is 0 Å². The Morgan fingerprint density at radius 1 is 1.27 bits per heavy atom. The summed E-state index contributed by atoms with van der Waals surface area (Å²) in [6.07, 6.45) is 6.20. The zero-order chi connectivity index (χ0) is 23.6. The number of pyridine rings is 1. The van der Waals surface area contributed by atoms with E-state index in [9.17, 15) is 8.42 Å². The lowest BCUT2D eigenvalue weighted by Crippen LogP contribution is -2.09. The highest BCUT2D eigenvalue weighted by Crippen LogP contribution is 2.41. The fourth-order valence-corrected chi connectivity index (χ4v) is 6.44. The number of halogens is 1. The third kappa shape index (κ3) is 5.46. The molecule has 0 bridgehead atoms. The minimum atomic E-state index is -3.28. The second kappa shape index (κ2) is 9.67. The summed E-state index contributed by atoms with van der Waals surface area (Å²) in [5.74, 6) is 0.799. The number of ether oxygens (including phenoxy) is 1. The third-order valence-electron chi connectivity index (χ3n) is 6.75. The van der Waals surface area contributed by atoms with E-state index in [1.54, 1.807) is 13.2 Å². The van der Waals surface area contributed by atoms with Gasteiger partial charge < -0.3 is 10.1 Å². The van der Waals surface area contributed by atoms with Crippen molar-refractivity contribution in [2.24, 2.45) is 5.92 Å². The van der Waals surface area contributed by atoms with Crippen LogP contribution in [0.25, 0.3) is 0 Å². The van der Waals surface area contributed by atoms with Crippen LogP contribution in [-0.4, -0.2) is 26.3 Å². The summed E-state index contributed by atoms with van der Waals surface area (Å²) in [4.78, 5) is 4.59. The van der Waals surface area contributed by atoms with Gasteiger partial charge in [0.1, 0.15) is 0 Å². The molecule has 1 aromatic carbocycles. The van der Waals surface area contributed by atoms with Gasteiger partial charge in [-0.15, -0.1) is 0 Å². The zero-order valence-electron chi connectivity index (χ0n) is 19.2. The quantitative estimate of drug-likeness (QED) is 0.561. The number of hydrogen-bond donors (Lipinski definition) is 1. The molecule has 7 heteroatoms. The average Bonchev–Trinajstić information content (AvgIpc) is 3.22. The molecule has 33 heavy (non-hydrogen) atoms. The lowest BCUT2D eigenvalue weighted by atomic mass is 9.95. The Labute approximate surface area is 195 Å². The van der Waals surface area contributed by atoms with Crippen molar-refractivity contribution >= 4 is 15.5 Å². The maximum Gasteiger partial charge on any atom is 0.213 e. The van der Waals surface area contributed by atoms with Crippen molar-refractivity contribution in [1.29, 1.82) is 0 Å². The molecular formula is C26H31FN2O3S. The van der Waals surface area contributed by atoms with Crippen molar-refractivity contribution in [2.75, 3.05) is 18.2 Å². The number of hydrogen-bond acceptors (Lipinski definition) is 5. The normalized spacial score (nSPS) is 22.3. The summed E-state index contributed by atoms with van der Waals surface area (Å²) in [7, 11) is -1.65. The Morgan fingerprint density at radius 3 is 2.88 bits per heavy atom. The summed E-state index contributed by atoms with van der Waals surface area (Å²) in [5.41, 5.74) is 4.17. The molecule has 1 N–H and O–H groups in total. The number of benzene rings is 1. The average molecular weight is 471 g/mol. The van der Waals surface area contributed by atoms with Crippen molar-refractivity contribution in [2.45, 2.75) is 50.7 Å². The number of nitrogens with one attached hydrogen (secondary N) is 1. The number of anilines is 1. The molecule has 2 aromatic rings. The van der Waals surface area contributed by atoms with Gasteiger partial charge in [0.05, 0.1) is 24.3 Å². The SMILES string of the molecule is C=C(/C=C(\C)C1CCC(c2cccc(OC)n2)C1)Nc1ccc2c(c1F)CS(=O)(=O)CCC2.